The largest absolute Gasteiger partial charge is 0.504 e. The van der Waals surface area contributed by atoms with Crippen molar-refractivity contribution in [2.24, 2.45) is 0 Å². The molecule has 2 heterocycles. The summed E-state index contributed by atoms with van der Waals surface area (Å²) in [6.45, 7) is 2.39. The normalized spacial score (nSPS) is 21.1. The van der Waals surface area contributed by atoms with Crippen molar-refractivity contribution in [2.75, 3.05) is 11.4 Å². The molecule has 1 N–H and O–H groups in total. The zero-order valence-electron chi connectivity index (χ0n) is 8.27. The van der Waals surface area contributed by atoms with Gasteiger partial charge >= 0.3 is 0 Å². The second-order valence-electron chi connectivity index (χ2n) is 3.60. The highest BCUT2D eigenvalue weighted by Crippen LogP contribution is 2.30. The molecule has 1 fully saturated rings. The van der Waals surface area contributed by atoms with E-state index >= 15 is 0 Å². The van der Waals surface area contributed by atoms with Crippen LogP contribution in [0.5, 0.6) is 5.75 Å². The first-order valence-electron chi connectivity index (χ1n) is 4.69. The van der Waals surface area contributed by atoms with Crippen molar-refractivity contribution in [3.63, 3.8) is 0 Å². The number of carbonyl (C=O) groups is 1. The fraction of sp³-hybridized carbons (Fsp3) is 0.400. The lowest BCUT2D eigenvalue weighted by Gasteiger charge is -2.16. The van der Waals surface area contributed by atoms with Crippen LogP contribution in [0.2, 0.25) is 0 Å². The zero-order valence-corrected chi connectivity index (χ0v) is 9.86. The fourth-order valence-electron chi connectivity index (χ4n) is 1.60. The second kappa shape index (κ2) is 3.81. The Balaban J connectivity index is 2.37. The highest BCUT2D eigenvalue weighted by atomic mass is 79.9. The van der Waals surface area contributed by atoms with E-state index in [0.717, 1.165) is 5.69 Å². The minimum Gasteiger partial charge on any atom is -0.504 e. The standard InChI is InChI=1S/C10H11BrN2O2/c1-6-2-3-8(14)10(12-6)13-5-7(11)4-9(13)15/h2-3,7,14H,4-5H2,1H3. The lowest BCUT2D eigenvalue weighted by atomic mass is 10.3. The number of amides is 1. The maximum absolute atomic E-state index is 11.6. The van der Waals surface area contributed by atoms with E-state index in [-0.39, 0.29) is 16.5 Å². The average molecular weight is 271 g/mol. The molecule has 1 unspecified atom stereocenters. The lowest BCUT2D eigenvalue weighted by molar-refractivity contribution is -0.117. The Morgan fingerprint density at radius 1 is 1.60 bits per heavy atom. The molecule has 0 aliphatic carbocycles. The zero-order chi connectivity index (χ0) is 11.0. The molecule has 0 bridgehead atoms. The van der Waals surface area contributed by atoms with Crippen LogP contribution < -0.4 is 4.90 Å². The minimum absolute atomic E-state index is 0.00900. The van der Waals surface area contributed by atoms with Crippen LogP contribution in [0.3, 0.4) is 0 Å². The van der Waals surface area contributed by atoms with Crippen molar-refractivity contribution < 1.29 is 9.90 Å². The summed E-state index contributed by atoms with van der Waals surface area (Å²) in [5.74, 6) is 0.405. The van der Waals surface area contributed by atoms with Crippen LogP contribution in [0.4, 0.5) is 5.82 Å². The summed E-state index contributed by atoms with van der Waals surface area (Å²) >= 11 is 3.39. The third kappa shape index (κ3) is 1.97. The van der Waals surface area contributed by atoms with Gasteiger partial charge in [-0.15, -0.1) is 0 Å². The Morgan fingerprint density at radius 3 is 2.93 bits per heavy atom. The molecule has 15 heavy (non-hydrogen) atoms. The Labute approximate surface area is 96.1 Å². The molecule has 1 saturated heterocycles. The number of hydrogen-bond donors (Lipinski definition) is 1. The number of alkyl halides is 1. The molecule has 2 rings (SSSR count). The van der Waals surface area contributed by atoms with Gasteiger partial charge in [0.2, 0.25) is 5.91 Å². The predicted octanol–water partition coefficient (Wildman–Crippen LogP) is 1.60. The van der Waals surface area contributed by atoms with E-state index < -0.39 is 0 Å². The smallest absolute Gasteiger partial charge is 0.229 e. The fourth-order valence-corrected chi connectivity index (χ4v) is 2.17. The van der Waals surface area contributed by atoms with Crippen molar-refractivity contribution in [1.29, 1.82) is 0 Å². The van der Waals surface area contributed by atoms with Crippen LogP contribution in [0.1, 0.15) is 12.1 Å². The highest BCUT2D eigenvalue weighted by Gasteiger charge is 2.31. The molecule has 0 radical (unpaired) electrons. The van der Waals surface area contributed by atoms with Crippen LogP contribution in [0.15, 0.2) is 12.1 Å². The maximum Gasteiger partial charge on any atom is 0.229 e. The van der Waals surface area contributed by atoms with Gasteiger partial charge in [-0.3, -0.25) is 9.69 Å². The molecule has 1 amide bonds. The van der Waals surface area contributed by atoms with Gasteiger partial charge in [0.1, 0.15) is 0 Å². The van der Waals surface area contributed by atoms with E-state index in [2.05, 4.69) is 20.9 Å². The molecule has 4 nitrogen and oxygen atoms in total. The summed E-state index contributed by atoms with van der Waals surface area (Å²) < 4.78 is 0. The number of anilines is 1. The van der Waals surface area contributed by atoms with E-state index in [4.69, 9.17) is 0 Å². The average Bonchev–Trinajstić information content (AvgIpc) is 2.50. The van der Waals surface area contributed by atoms with Crippen molar-refractivity contribution >= 4 is 27.7 Å². The summed E-state index contributed by atoms with van der Waals surface area (Å²) in [6, 6.07) is 3.28. The molecule has 1 aromatic rings. The molecule has 0 saturated carbocycles. The van der Waals surface area contributed by atoms with Crippen LogP contribution in [-0.4, -0.2) is 27.4 Å². The molecule has 1 aliphatic heterocycles. The molecular formula is C10H11BrN2O2. The molecule has 1 aromatic heterocycles. The van der Waals surface area contributed by atoms with Crippen LogP contribution in [0, 0.1) is 6.92 Å². The Kier molecular flexibility index (Phi) is 2.65. The van der Waals surface area contributed by atoms with Gasteiger partial charge in [-0.25, -0.2) is 4.98 Å². The number of halogens is 1. The van der Waals surface area contributed by atoms with E-state index in [1.165, 1.54) is 4.90 Å². The Morgan fingerprint density at radius 2 is 2.33 bits per heavy atom. The molecule has 0 aromatic carbocycles. The topological polar surface area (TPSA) is 53.4 Å². The van der Waals surface area contributed by atoms with Crippen molar-refractivity contribution in [3.8, 4) is 5.75 Å². The summed E-state index contributed by atoms with van der Waals surface area (Å²) in [5, 5.41) is 9.63. The van der Waals surface area contributed by atoms with Crippen molar-refractivity contribution in [2.45, 2.75) is 18.2 Å². The maximum atomic E-state index is 11.6. The van der Waals surface area contributed by atoms with Gasteiger partial charge < -0.3 is 5.11 Å². The molecule has 5 heteroatoms. The van der Waals surface area contributed by atoms with Gasteiger partial charge in [0.05, 0.1) is 0 Å². The molecule has 80 valence electrons. The number of aromatic hydroxyl groups is 1. The van der Waals surface area contributed by atoms with Crippen LogP contribution in [-0.2, 0) is 4.79 Å². The number of aryl methyl sites for hydroxylation is 1. The number of carbonyl (C=O) groups excluding carboxylic acids is 1. The Hall–Kier alpha value is -1.10. The first kappa shape index (κ1) is 10.4. The number of hydrogen-bond acceptors (Lipinski definition) is 3. The lowest BCUT2D eigenvalue weighted by Crippen LogP contribution is -2.25. The molecular weight excluding hydrogens is 260 g/mol. The third-order valence-electron chi connectivity index (χ3n) is 2.33. The van der Waals surface area contributed by atoms with Gasteiger partial charge in [-0.1, -0.05) is 15.9 Å². The summed E-state index contributed by atoms with van der Waals surface area (Å²) in [4.78, 5) is 17.4. The van der Waals surface area contributed by atoms with Crippen molar-refractivity contribution in [3.05, 3.63) is 17.8 Å². The summed E-state index contributed by atoms with van der Waals surface area (Å²) in [5.41, 5.74) is 0.786. The minimum atomic E-state index is -0.00900. The third-order valence-corrected chi connectivity index (χ3v) is 2.94. The van der Waals surface area contributed by atoms with Crippen LogP contribution >= 0.6 is 15.9 Å². The summed E-state index contributed by atoms with van der Waals surface area (Å²) in [7, 11) is 0. The van der Waals surface area contributed by atoms with Crippen LogP contribution in [0.25, 0.3) is 0 Å². The monoisotopic (exact) mass is 270 g/mol. The Bertz CT molecular complexity index is 408. The van der Waals surface area contributed by atoms with Gasteiger partial charge in [-0.05, 0) is 19.1 Å². The van der Waals surface area contributed by atoms with Gasteiger partial charge in [0.25, 0.3) is 0 Å². The van der Waals surface area contributed by atoms with E-state index in [9.17, 15) is 9.90 Å². The first-order chi connectivity index (χ1) is 7.08. The van der Waals surface area contributed by atoms with Gasteiger partial charge in [0.15, 0.2) is 11.6 Å². The second-order valence-corrected chi connectivity index (χ2v) is 4.90. The van der Waals surface area contributed by atoms with E-state index in [1.54, 1.807) is 12.1 Å². The molecule has 0 spiro atoms. The van der Waals surface area contributed by atoms with E-state index in [1.807, 2.05) is 6.92 Å². The summed E-state index contributed by atoms with van der Waals surface area (Å²) in [6.07, 6.45) is 0.453. The van der Waals surface area contributed by atoms with Gasteiger partial charge in [-0.2, -0.15) is 0 Å². The number of rotatable bonds is 1. The molecule has 1 atom stereocenters. The predicted molar refractivity (Wildman–Crippen MR) is 60.3 cm³/mol. The SMILES string of the molecule is Cc1ccc(O)c(N2CC(Br)CC2=O)n1. The highest BCUT2D eigenvalue weighted by molar-refractivity contribution is 9.09. The molecule has 1 aliphatic rings. The van der Waals surface area contributed by atoms with E-state index in [0.29, 0.717) is 18.8 Å². The number of aromatic nitrogens is 1. The van der Waals surface area contributed by atoms with Crippen molar-refractivity contribution in [1.82, 2.24) is 4.98 Å². The quantitative estimate of drug-likeness (QED) is 0.789. The first-order valence-corrected chi connectivity index (χ1v) is 5.60. The van der Waals surface area contributed by atoms with Gasteiger partial charge in [0, 0.05) is 23.5 Å². The number of pyridine rings is 1. The number of nitrogens with zero attached hydrogens (tertiary/aromatic N) is 2.